The minimum Gasteiger partial charge on any atom is -0.408 e. The highest BCUT2D eigenvalue weighted by Crippen LogP contribution is 2.44. The number of aliphatic hydroxyl groups excluding tert-OH is 1. The lowest BCUT2D eigenvalue weighted by atomic mass is 10.00. The Morgan fingerprint density at radius 2 is 1.52 bits per heavy atom. The Hall–Kier alpha value is -0.763. The lowest BCUT2D eigenvalue weighted by Crippen LogP contribution is -2.63. The van der Waals surface area contributed by atoms with E-state index >= 15 is 0 Å². The van der Waals surface area contributed by atoms with Gasteiger partial charge in [-0.05, 0) is 29.1 Å². The fourth-order valence-electron chi connectivity index (χ4n) is 4.94. The van der Waals surface area contributed by atoms with E-state index in [2.05, 4.69) is 41.5 Å². The van der Waals surface area contributed by atoms with Crippen LogP contribution in [0.2, 0.25) is 16.6 Å². The number of aliphatic hydroxyl groups is 1. The van der Waals surface area contributed by atoms with Crippen LogP contribution in [0.3, 0.4) is 0 Å². The van der Waals surface area contributed by atoms with Crippen molar-refractivity contribution >= 4 is 8.32 Å². The normalized spacial score (nSPS) is 28.5. The van der Waals surface area contributed by atoms with Crippen LogP contribution < -0.4 is 0 Å². The predicted molar refractivity (Wildman–Crippen MR) is 118 cm³/mol. The van der Waals surface area contributed by atoms with E-state index in [0.29, 0.717) is 23.2 Å². The summed E-state index contributed by atoms with van der Waals surface area (Å²) in [4.78, 5) is 0. The van der Waals surface area contributed by atoms with Gasteiger partial charge in [0.25, 0.3) is 0 Å². The van der Waals surface area contributed by atoms with Gasteiger partial charge in [-0.2, -0.15) is 0 Å². The van der Waals surface area contributed by atoms with E-state index in [1.807, 2.05) is 37.3 Å². The molecule has 1 saturated heterocycles. The Balaban J connectivity index is 2.18. The molecule has 0 unspecified atom stereocenters. The smallest absolute Gasteiger partial charge is 0.201 e. The zero-order chi connectivity index (χ0) is 21.8. The van der Waals surface area contributed by atoms with Crippen LogP contribution in [0.1, 0.15) is 54.0 Å². The highest BCUT2D eigenvalue weighted by atomic mass is 28.4. The monoisotopic (exact) mass is 424 g/mol. The molecule has 1 aromatic carbocycles. The molecule has 0 aliphatic carbocycles. The standard InChI is InChI=1S/C23H40O5Si/c1-15(2)29(16(3)4,17(5)6)28-21-18(7)27-23(22(25-8)20(21)24)26-14-19-12-10-9-11-13-19/h9-13,15-18,20-24H,14H2,1-8H3/t18-,20+,21-,22+,23+/m0/s1. The molecule has 5 nitrogen and oxygen atoms in total. The van der Waals surface area contributed by atoms with Crippen LogP contribution >= 0.6 is 0 Å². The SMILES string of the molecule is CO[C@H]1[C@H](OCc2ccccc2)O[C@@H](C)[C@H](O[Si](C(C)C)(C(C)C)C(C)C)[C@H]1O. The van der Waals surface area contributed by atoms with Gasteiger partial charge in [0.05, 0.1) is 18.8 Å². The highest BCUT2D eigenvalue weighted by molar-refractivity contribution is 6.77. The molecule has 1 aromatic rings. The van der Waals surface area contributed by atoms with Gasteiger partial charge in [0.15, 0.2) is 6.29 Å². The van der Waals surface area contributed by atoms with Crippen LogP contribution in [0, 0.1) is 0 Å². The first kappa shape index (κ1) is 24.5. The molecule has 6 heteroatoms. The Kier molecular flexibility index (Phi) is 8.88. The van der Waals surface area contributed by atoms with Crippen LogP contribution in [0.4, 0.5) is 0 Å². The Bertz CT molecular complexity index is 585. The van der Waals surface area contributed by atoms with Gasteiger partial charge in [0.2, 0.25) is 8.32 Å². The van der Waals surface area contributed by atoms with Gasteiger partial charge in [-0.1, -0.05) is 71.9 Å². The molecule has 1 heterocycles. The summed E-state index contributed by atoms with van der Waals surface area (Å²) in [7, 11) is -0.586. The summed E-state index contributed by atoms with van der Waals surface area (Å²) < 4.78 is 24.6. The third kappa shape index (κ3) is 5.30. The van der Waals surface area contributed by atoms with Crippen molar-refractivity contribution < 1.29 is 23.7 Å². The largest absolute Gasteiger partial charge is 0.408 e. The zero-order valence-corrected chi connectivity index (χ0v) is 20.3. The van der Waals surface area contributed by atoms with Crippen LogP contribution in [-0.4, -0.2) is 51.2 Å². The molecule has 0 saturated carbocycles. The van der Waals surface area contributed by atoms with Crippen LogP contribution in [-0.2, 0) is 25.2 Å². The maximum atomic E-state index is 11.2. The van der Waals surface area contributed by atoms with Crippen molar-refractivity contribution in [2.24, 2.45) is 0 Å². The van der Waals surface area contributed by atoms with E-state index in [-0.39, 0.29) is 6.10 Å². The van der Waals surface area contributed by atoms with E-state index in [1.165, 1.54) is 0 Å². The van der Waals surface area contributed by atoms with E-state index in [1.54, 1.807) is 7.11 Å². The molecule has 2 rings (SSSR count). The second-order valence-electron chi connectivity index (χ2n) is 9.10. The minimum absolute atomic E-state index is 0.291. The van der Waals surface area contributed by atoms with Crippen molar-refractivity contribution in [3.05, 3.63) is 35.9 Å². The number of hydrogen-bond donors (Lipinski definition) is 1. The predicted octanol–water partition coefficient (Wildman–Crippen LogP) is 4.88. The molecule has 0 spiro atoms. The summed E-state index contributed by atoms with van der Waals surface area (Å²) in [5.74, 6) is 0. The first-order chi connectivity index (χ1) is 13.6. The van der Waals surface area contributed by atoms with E-state index < -0.39 is 32.9 Å². The summed E-state index contributed by atoms with van der Waals surface area (Å²) in [5.41, 5.74) is 2.33. The molecule has 0 aromatic heterocycles. The number of rotatable bonds is 9. The van der Waals surface area contributed by atoms with Gasteiger partial charge < -0.3 is 23.7 Å². The highest BCUT2D eigenvalue weighted by Gasteiger charge is 2.52. The first-order valence-electron chi connectivity index (χ1n) is 10.8. The van der Waals surface area contributed by atoms with E-state index in [0.717, 1.165) is 5.56 Å². The maximum absolute atomic E-state index is 11.2. The number of ether oxygens (including phenoxy) is 3. The topological polar surface area (TPSA) is 57.2 Å². The number of hydrogen-bond acceptors (Lipinski definition) is 5. The molecule has 0 bridgehead atoms. The molecule has 5 atom stereocenters. The second-order valence-corrected chi connectivity index (χ2v) is 14.5. The van der Waals surface area contributed by atoms with Crippen molar-refractivity contribution in [3.8, 4) is 0 Å². The number of methoxy groups -OCH3 is 1. The van der Waals surface area contributed by atoms with Gasteiger partial charge in [-0.25, -0.2) is 0 Å². The molecule has 1 aliphatic heterocycles. The van der Waals surface area contributed by atoms with Crippen LogP contribution in [0.5, 0.6) is 0 Å². The summed E-state index contributed by atoms with van der Waals surface area (Å²) in [5, 5.41) is 11.2. The minimum atomic E-state index is -2.17. The van der Waals surface area contributed by atoms with Crippen molar-refractivity contribution in [1.29, 1.82) is 0 Å². The molecule has 1 N–H and O–H groups in total. The molecule has 0 radical (unpaired) electrons. The quantitative estimate of drug-likeness (QED) is 0.572. The van der Waals surface area contributed by atoms with Crippen molar-refractivity contribution in [1.82, 2.24) is 0 Å². The summed E-state index contributed by atoms with van der Waals surface area (Å²) >= 11 is 0. The Morgan fingerprint density at radius 1 is 0.966 bits per heavy atom. The van der Waals surface area contributed by atoms with Gasteiger partial charge in [-0.3, -0.25) is 0 Å². The zero-order valence-electron chi connectivity index (χ0n) is 19.3. The lowest BCUT2D eigenvalue weighted by molar-refractivity contribution is -0.299. The Morgan fingerprint density at radius 3 is 2.00 bits per heavy atom. The molecule has 1 fully saturated rings. The second kappa shape index (κ2) is 10.5. The van der Waals surface area contributed by atoms with Gasteiger partial charge in [0, 0.05) is 7.11 Å². The molecular formula is C23H40O5Si. The number of benzene rings is 1. The maximum Gasteiger partial charge on any atom is 0.201 e. The van der Waals surface area contributed by atoms with Crippen molar-refractivity contribution in [3.63, 3.8) is 0 Å². The lowest BCUT2D eigenvalue weighted by Gasteiger charge is -2.50. The van der Waals surface area contributed by atoms with Crippen molar-refractivity contribution in [2.45, 2.75) is 102 Å². The average molecular weight is 425 g/mol. The van der Waals surface area contributed by atoms with E-state index in [9.17, 15) is 5.11 Å². The Labute approximate surface area is 177 Å². The summed E-state index contributed by atoms with van der Waals surface area (Å²) in [6.45, 7) is 15.8. The summed E-state index contributed by atoms with van der Waals surface area (Å²) in [6.07, 6.45) is -2.78. The molecule has 166 valence electrons. The molecule has 0 amide bonds. The fraction of sp³-hybridized carbons (Fsp3) is 0.739. The third-order valence-corrected chi connectivity index (χ3v) is 12.4. The van der Waals surface area contributed by atoms with E-state index in [4.69, 9.17) is 18.6 Å². The third-order valence-electron chi connectivity index (χ3n) is 6.33. The van der Waals surface area contributed by atoms with Crippen molar-refractivity contribution in [2.75, 3.05) is 7.11 Å². The molecule has 29 heavy (non-hydrogen) atoms. The van der Waals surface area contributed by atoms with Gasteiger partial charge in [0.1, 0.15) is 12.2 Å². The van der Waals surface area contributed by atoms with Crippen LogP contribution in [0.15, 0.2) is 30.3 Å². The fourth-order valence-corrected chi connectivity index (χ4v) is 10.6. The van der Waals surface area contributed by atoms with Gasteiger partial charge in [-0.15, -0.1) is 0 Å². The summed E-state index contributed by atoms with van der Waals surface area (Å²) in [6, 6.07) is 9.93. The van der Waals surface area contributed by atoms with Gasteiger partial charge >= 0.3 is 0 Å². The van der Waals surface area contributed by atoms with Crippen LogP contribution in [0.25, 0.3) is 0 Å². The molecular weight excluding hydrogens is 384 g/mol. The first-order valence-corrected chi connectivity index (χ1v) is 13.0. The molecule has 1 aliphatic rings. The average Bonchev–Trinajstić information content (AvgIpc) is 2.66.